The SMILES string of the molecule is O=C(O)c1ccc(-n2nc(Cc3cccs3)c3c2NCCCC3)cc1. The Labute approximate surface area is 149 Å². The minimum absolute atomic E-state index is 0.286. The van der Waals surface area contributed by atoms with Crippen molar-refractivity contribution in [2.75, 3.05) is 11.9 Å². The molecule has 4 rings (SSSR count). The maximum atomic E-state index is 11.1. The molecule has 0 saturated carbocycles. The van der Waals surface area contributed by atoms with E-state index in [9.17, 15) is 4.79 Å². The third-order valence-corrected chi connectivity index (χ3v) is 5.37. The Morgan fingerprint density at radius 2 is 2.08 bits per heavy atom. The summed E-state index contributed by atoms with van der Waals surface area (Å²) in [4.78, 5) is 12.4. The van der Waals surface area contributed by atoms with Crippen LogP contribution in [0.1, 0.15) is 39.3 Å². The van der Waals surface area contributed by atoms with Gasteiger partial charge in [-0.05, 0) is 55.0 Å². The number of carbonyl (C=O) groups is 1. The zero-order valence-electron chi connectivity index (χ0n) is 13.7. The maximum Gasteiger partial charge on any atom is 0.335 e. The number of aromatic carboxylic acids is 1. The summed E-state index contributed by atoms with van der Waals surface area (Å²) in [7, 11) is 0. The normalized spacial score (nSPS) is 13.8. The van der Waals surface area contributed by atoms with E-state index in [0.29, 0.717) is 0 Å². The standard InChI is InChI=1S/C19H19N3O2S/c23-19(24)13-6-8-14(9-7-13)22-18-16(5-1-2-10-20-18)17(21-22)12-15-4-3-11-25-15/h3-4,6-9,11,20H,1-2,5,10,12H2,(H,23,24). The Balaban J connectivity index is 1.76. The molecule has 0 amide bonds. The lowest BCUT2D eigenvalue weighted by Gasteiger charge is -2.09. The molecule has 0 aliphatic carbocycles. The number of carboxylic acid groups (broad SMARTS) is 1. The van der Waals surface area contributed by atoms with Gasteiger partial charge in [0.15, 0.2) is 0 Å². The number of aromatic nitrogens is 2. The molecule has 0 spiro atoms. The van der Waals surface area contributed by atoms with Gasteiger partial charge in [0, 0.05) is 23.4 Å². The molecule has 3 heterocycles. The first-order chi connectivity index (χ1) is 12.2. The van der Waals surface area contributed by atoms with Crippen LogP contribution in [0.4, 0.5) is 5.82 Å². The van der Waals surface area contributed by atoms with Crippen molar-refractivity contribution in [3.8, 4) is 5.69 Å². The third-order valence-electron chi connectivity index (χ3n) is 4.49. The first kappa shape index (κ1) is 15.9. The van der Waals surface area contributed by atoms with Crippen LogP contribution >= 0.6 is 11.3 Å². The zero-order valence-corrected chi connectivity index (χ0v) is 14.6. The summed E-state index contributed by atoms with van der Waals surface area (Å²) >= 11 is 1.75. The molecular formula is C19H19N3O2S. The van der Waals surface area contributed by atoms with Crippen LogP contribution in [-0.2, 0) is 12.8 Å². The highest BCUT2D eigenvalue weighted by Crippen LogP contribution is 2.30. The first-order valence-corrected chi connectivity index (χ1v) is 9.31. The first-order valence-electron chi connectivity index (χ1n) is 8.43. The third kappa shape index (κ3) is 3.17. The van der Waals surface area contributed by atoms with Crippen molar-refractivity contribution in [2.45, 2.75) is 25.7 Å². The van der Waals surface area contributed by atoms with Gasteiger partial charge in [0.05, 0.1) is 16.9 Å². The van der Waals surface area contributed by atoms with Crippen LogP contribution in [0, 0.1) is 0 Å². The van der Waals surface area contributed by atoms with Crippen molar-refractivity contribution >= 4 is 23.1 Å². The fourth-order valence-electron chi connectivity index (χ4n) is 3.23. The summed E-state index contributed by atoms with van der Waals surface area (Å²) in [6, 6.07) is 11.1. The lowest BCUT2D eigenvalue weighted by molar-refractivity contribution is 0.0697. The van der Waals surface area contributed by atoms with Crippen molar-refractivity contribution in [3.05, 3.63) is 63.5 Å². The number of nitrogens with zero attached hydrogens (tertiary/aromatic N) is 2. The Hall–Kier alpha value is -2.60. The summed E-state index contributed by atoms with van der Waals surface area (Å²) in [6.07, 6.45) is 4.16. The molecule has 0 radical (unpaired) electrons. The predicted octanol–water partition coefficient (Wildman–Crippen LogP) is 3.97. The second-order valence-corrected chi connectivity index (χ2v) is 7.21. The zero-order chi connectivity index (χ0) is 17.2. The number of carboxylic acids is 1. The molecule has 1 aromatic carbocycles. The van der Waals surface area contributed by atoms with Crippen LogP contribution in [0.15, 0.2) is 41.8 Å². The largest absolute Gasteiger partial charge is 0.478 e. The van der Waals surface area contributed by atoms with Gasteiger partial charge in [0.25, 0.3) is 0 Å². The molecule has 0 atom stereocenters. The number of rotatable bonds is 4. The number of hydrogen-bond acceptors (Lipinski definition) is 4. The van der Waals surface area contributed by atoms with Gasteiger partial charge < -0.3 is 10.4 Å². The van der Waals surface area contributed by atoms with Gasteiger partial charge in [-0.2, -0.15) is 5.10 Å². The summed E-state index contributed by atoms with van der Waals surface area (Å²) in [5.41, 5.74) is 3.56. The number of benzene rings is 1. The molecule has 0 unspecified atom stereocenters. The van der Waals surface area contributed by atoms with Gasteiger partial charge in [-0.1, -0.05) is 6.07 Å². The second kappa shape index (κ2) is 6.72. The smallest absolute Gasteiger partial charge is 0.335 e. The summed E-state index contributed by atoms with van der Waals surface area (Å²) < 4.78 is 1.93. The summed E-state index contributed by atoms with van der Waals surface area (Å²) in [5, 5.41) is 19.6. The topological polar surface area (TPSA) is 67.1 Å². The highest BCUT2D eigenvalue weighted by molar-refractivity contribution is 7.09. The van der Waals surface area contributed by atoms with Gasteiger partial charge in [-0.3, -0.25) is 0 Å². The van der Waals surface area contributed by atoms with Gasteiger partial charge in [-0.15, -0.1) is 11.3 Å². The lowest BCUT2D eigenvalue weighted by Crippen LogP contribution is -2.07. The van der Waals surface area contributed by atoms with E-state index in [0.717, 1.165) is 49.4 Å². The lowest BCUT2D eigenvalue weighted by atomic mass is 10.1. The minimum atomic E-state index is -0.914. The van der Waals surface area contributed by atoms with E-state index in [2.05, 4.69) is 22.8 Å². The quantitative estimate of drug-likeness (QED) is 0.745. The highest BCUT2D eigenvalue weighted by Gasteiger charge is 2.21. The number of fused-ring (bicyclic) bond motifs is 1. The molecule has 128 valence electrons. The number of anilines is 1. The molecule has 1 aliphatic rings. The van der Waals surface area contributed by atoms with Crippen molar-refractivity contribution < 1.29 is 9.90 Å². The van der Waals surface area contributed by atoms with Crippen molar-refractivity contribution in [1.29, 1.82) is 0 Å². The summed E-state index contributed by atoms with van der Waals surface area (Å²) in [6.45, 7) is 0.935. The molecule has 25 heavy (non-hydrogen) atoms. The molecular weight excluding hydrogens is 334 g/mol. The highest BCUT2D eigenvalue weighted by atomic mass is 32.1. The molecule has 2 aromatic heterocycles. The van der Waals surface area contributed by atoms with E-state index in [-0.39, 0.29) is 5.56 Å². The van der Waals surface area contributed by atoms with E-state index >= 15 is 0 Å². The monoisotopic (exact) mass is 353 g/mol. The molecule has 0 fully saturated rings. The predicted molar refractivity (Wildman–Crippen MR) is 99.1 cm³/mol. The Morgan fingerprint density at radius 3 is 2.80 bits per heavy atom. The fraction of sp³-hybridized carbons (Fsp3) is 0.263. The van der Waals surface area contributed by atoms with Crippen LogP contribution in [-0.4, -0.2) is 27.4 Å². The Bertz CT molecular complexity index is 882. The van der Waals surface area contributed by atoms with Gasteiger partial charge in [0.2, 0.25) is 0 Å². The number of nitrogens with one attached hydrogen (secondary N) is 1. The average molecular weight is 353 g/mol. The van der Waals surface area contributed by atoms with Gasteiger partial charge in [0.1, 0.15) is 5.82 Å². The van der Waals surface area contributed by atoms with Crippen LogP contribution in [0.5, 0.6) is 0 Å². The molecule has 5 nitrogen and oxygen atoms in total. The fourth-order valence-corrected chi connectivity index (χ4v) is 3.93. The second-order valence-electron chi connectivity index (χ2n) is 6.18. The van der Waals surface area contributed by atoms with E-state index in [1.54, 1.807) is 23.5 Å². The molecule has 0 bridgehead atoms. The van der Waals surface area contributed by atoms with Crippen LogP contribution in [0.25, 0.3) is 5.69 Å². The van der Waals surface area contributed by atoms with Crippen LogP contribution < -0.4 is 5.32 Å². The Kier molecular flexibility index (Phi) is 4.28. The Morgan fingerprint density at radius 1 is 1.24 bits per heavy atom. The summed E-state index contributed by atoms with van der Waals surface area (Å²) in [5.74, 6) is 0.134. The van der Waals surface area contributed by atoms with Gasteiger partial charge in [-0.25, -0.2) is 9.48 Å². The average Bonchev–Trinajstić information content (AvgIpc) is 3.17. The molecule has 0 saturated heterocycles. The molecule has 1 aliphatic heterocycles. The van der Waals surface area contributed by atoms with Crippen LogP contribution in [0.2, 0.25) is 0 Å². The van der Waals surface area contributed by atoms with E-state index in [4.69, 9.17) is 10.2 Å². The maximum absolute atomic E-state index is 11.1. The molecule has 2 N–H and O–H groups in total. The van der Waals surface area contributed by atoms with E-state index in [1.807, 2.05) is 16.8 Å². The van der Waals surface area contributed by atoms with E-state index < -0.39 is 5.97 Å². The molecule has 3 aromatic rings. The van der Waals surface area contributed by atoms with E-state index in [1.165, 1.54) is 10.4 Å². The molecule has 6 heteroatoms. The number of hydrogen-bond donors (Lipinski definition) is 2. The minimum Gasteiger partial charge on any atom is -0.478 e. The number of thiophene rings is 1. The van der Waals surface area contributed by atoms with Gasteiger partial charge >= 0.3 is 5.97 Å². The van der Waals surface area contributed by atoms with Crippen molar-refractivity contribution in [2.24, 2.45) is 0 Å². The van der Waals surface area contributed by atoms with Crippen LogP contribution in [0.3, 0.4) is 0 Å². The van der Waals surface area contributed by atoms with Crippen molar-refractivity contribution in [3.63, 3.8) is 0 Å². The van der Waals surface area contributed by atoms with Crippen molar-refractivity contribution in [1.82, 2.24) is 9.78 Å².